The molecule has 5 saturated carbocycles. The average molecular weight is 2200 g/mol. The van der Waals surface area contributed by atoms with Gasteiger partial charge in [-0.2, -0.15) is 0 Å². The highest BCUT2D eigenvalue weighted by Gasteiger charge is 2.46. The maximum atomic E-state index is 13.6. The number of para-hydroxylation sites is 3. The number of phenols is 1. The van der Waals surface area contributed by atoms with Crippen molar-refractivity contribution in [2.75, 3.05) is 80.5 Å². The molecule has 5 aromatic rings. The van der Waals surface area contributed by atoms with Crippen LogP contribution in [0, 0.1) is 35.4 Å². The molecule has 0 bridgehead atoms. The molecule has 0 spiro atoms. The Hall–Kier alpha value is -10.9. The second kappa shape index (κ2) is 57.5. The molecule has 6 fully saturated rings. The number of carbonyl (C=O) groups is 13. The van der Waals surface area contributed by atoms with Gasteiger partial charge in [-0.25, -0.2) is 4.39 Å². The largest absolute Gasteiger partial charge is 0.506 e. The monoisotopic (exact) mass is 2200 g/mol. The van der Waals surface area contributed by atoms with Crippen LogP contribution in [0.2, 0.25) is 0 Å². The predicted molar refractivity (Wildman–Crippen MR) is 568 cm³/mol. The van der Waals surface area contributed by atoms with E-state index in [0.29, 0.717) is 106 Å². The van der Waals surface area contributed by atoms with Crippen molar-refractivity contribution in [1.82, 2.24) is 83.4 Å². The lowest BCUT2D eigenvalue weighted by Gasteiger charge is -2.35. The minimum absolute atomic E-state index is 0.0264. The van der Waals surface area contributed by atoms with Gasteiger partial charge in [0.15, 0.2) is 0 Å². The van der Waals surface area contributed by atoms with Gasteiger partial charge in [-0.3, -0.25) is 62.3 Å². The summed E-state index contributed by atoms with van der Waals surface area (Å²) in [4.78, 5) is 175. The first-order valence-electron chi connectivity index (χ1n) is 53.2. The number of halogens is 3. The number of aryl methyl sites for hydroxylation is 3. The quantitative estimate of drug-likeness (QED) is 0.0597. The summed E-state index contributed by atoms with van der Waals surface area (Å²) < 4.78 is 39.5. The SMILES string of the molecule is CC(O)[C@H]1NC(=O)[C@@H](C)N(C)C(=O)[C@H](C2CC2)NC[C@@H](C)Oc2ccccc2CCCNC1=O.C[C@@H]1CN[C@@H](C2CC2)C(=O)N(C)[C@H](C)C(=O)N[C@H](CC(=O)O)C(=O)NCCCc2ccccc2O1.C[C@@H]1CN[C@@H](C2CC2)C(=O)N(C)[C@H](C)C(=O)N[C@H](Cc2cc(Br)c(O)c(Br)c2)C(=O)NCCCc2ccccc2O1.C[C@@H]1CN[C@@H](C2CC2)C(=O)N(C)[C@H](C)C(=O)N[C@H](Cc2ccc(F)cc2)C(=O)NCCCC2CCCCC2O1. The summed E-state index contributed by atoms with van der Waals surface area (Å²) >= 11 is 6.67. The Morgan fingerprint density at radius 3 is 1.07 bits per heavy atom. The molecular formula is C110H157Br2FN16O20. The van der Waals surface area contributed by atoms with Crippen molar-refractivity contribution in [1.29, 1.82) is 0 Å². The number of hydrogen-bond acceptors (Lipinski definition) is 23. The third-order valence-electron chi connectivity index (χ3n) is 29.3. The van der Waals surface area contributed by atoms with Gasteiger partial charge in [-0.15, -0.1) is 0 Å². The summed E-state index contributed by atoms with van der Waals surface area (Å²) in [5.74, 6) is -2.01. The number of amides is 12. The molecule has 818 valence electrons. The van der Waals surface area contributed by atoms with Gasteiger partial charge in [0.2, 0.25) is 70.9 Å². The minimum atomic E-state index is -1.24. The number of carboxylic acid groups (broad SMARTS) is 1. The highest BCUT2D eigenvalue weighted by atomic mass is 79.9. The minimum Gasteiger partial charge on any atom is -0.506 e. The number of hydrogen-bond donors (Lipinski definition) is 15. The topological polar surface area (TPSA) is 477 Å². The molecule has 39 heteroatoms. The highest BCUT2D eigenvalue weighted by Crippen LogP contribution is 2.40. The molecule has 12 amide bonds. The van der Waals surface area contributed by atoms with Gasteiger partial charge >= 0.3 is 5.97 Å². The van der Waals surface area contributed by atoms with Crippen molar-refractivity contribution < 1.29 is 101 Å². The number of fused-ring (bicyclic) bond motifs is 4. The molecule has 5 aromatic carbocycles. The van der Waals surface area contributed by atoms with Crippen LogP contribution in [0.5, 0.6) is 23.0 Å². The fraction of sp³-hybridized carbons (Fsp3) is 0.609. The van der Waals surface area contributed by atoms with Crippen LogP contribution in [0.3, 0.4) is 0 Å². The molecule has 9 aliphatic rings. The van der Waals surface area contributed by atoms with Crippen molar-refractivity contribution in [3.63, 3.8) is 0 Å². The molecule has 36 nitrogen and oxygen atoms in total. The van der Waals surface area contributed by atoms with Crippen molar-refractivity contribution >= 4 is 109 Å². The number of aliphatic carboxylic acids is 1. The Bertz CT molecular complexity index is 5320. The standard InChI is InChI=1S/C30H38Br2N4O5.C30H45FN4O4.C25H36N4O6.C25H38N4O5/c1-17-16-34-26(21-10-11-21)30(40)36(3)18(2)28(38)35-24(15-19-13-22(31)27(37)23(32)14-19)29(39)33-12-6-8-20-7-4-5-9-25(20)41-17;1-19-18-33-27(23-12-13-23)30(38)35(3)20(2)28(36)34-25(17-21-10-14-24(31)15-11-21)29(37)32-16-6-8-22-7-4-5-9-26(22)39-19;1-15-14-27-22(18-10-11-18)25(34)29(3)16(2)23(32)28-19(13-21(30)31)24(33)26-12-6-8-17-7-4-5-9-20(17)35-15;1-15-14-27-22(19-11-12-19)25(33)29(4)16(2)23(31)28-21(17(3)30)24(32)26-13-7-9-18-8-5-6-10-20(18)34-15/h4-5,7,9,13-14,17-18,21,24,26,34,37H,6,8,10-12,15-16H2,1-3H3,(H,33,39)(H,35,38);10-11,14-15,19-20,22-23,25-27,33H,4-9,12-13,16-18H2,1-3H3,(H,32,37)(H,34,36);4-5,7,9,15-16,18-19,22,27H,6,8,10-14H2,1-3H3,(H,26,33)(H,28,32)(H,30,31);5-6,8,10,15-17,19,21-22,27,30H,7,9,11-14H2,1-4H3,(H,26,32)(H,28,31)/t17-,18-,24-,26+;19-,20-,22?,25-,26?,27+;15-,16-,19-,22+;15-,16-,17?,21-,22+/m1111/s1. The Morgan fingerprint density at radius 2 is 0.705 bits per heavy atom. The van der Waals surface area contributed by atoms with E-state index in [-0.39, 0.29) is 120 Å². The molecule has 149 heavy (non-hydrogen) atoms. The second-order valence-electron chi connectivity index (χ2n) is 41.6. The molecule has 0 aromatic heterocycles. The summed E-state index contributed by atoms with van der Waals surface area (Å²) in [6, 6.07) is 23.8. The summed E-state index contributed by atoms with van der Waals surface area (Å²) in [5.41, 5.74) is 4.55. The summed E-state index contributed by atoms with van der Waals surface area (Å²) in [6.07, 6.45) is 16.4. The average Bonchev–Trinajstić information content (AvgIpc) is 1.46. The number of aromatic hydroxyl groups is 1. The molecule has 19 atom stereocenters. The number of aliphatic hydroxyl groups excluding tert-OH is 1. The number of ether oxygens (including phenoxy) is 4. The predicted octanol–water partition coefficient (Wildman–Crippen LogP) is 7.92. The lowest BCUT2D eigenvalue weighted by Crippen LogP contribution is -2.58. The van der Waals surface area contributed by atoms with Gasteiger partial charge in [0, 0.05) is 93.4 Å². The summed E-state index contributed by atoms with van der Waals surface area (Å²) in [6.45, 7) is 19.6. The van der Waals surface area contributed by atoms with Crippen molar-refractivity contribution in [2.45, 2.75) is 319 Å². The summed E-state index contributed by atoms with van der Waals surface area (Å²) in [5, 5.41) is 65.4. The molecular weight excluding hydrogens is 2040 g/mol. The van der Waals surface area contributed by atoms with E-state index in [2.05, 4.69) is 103 Å². The fourth-order valence-electron chi connectivity index (χ4n) is 19.1. The van der Waals surface area contributed by atoms with E-state index in [0.717, 1.165) is 129 Å². The zero-order valence-corrected chi connectivity index (χ0v) is 91.5. The van der Waals surface area contributed by atoms with Crippen molar-refractivity contribution in [3.8, 4) is 23.0 Å². The van der Waals surface area contributed by atoms with Gasteiger partial charge in [0.05, 0.1) is 57.8 Å². The fourth-order valence-corrected chi connectivity index (χ4v) is 20.3. The van der Waals surface area contributed by atoms with E-state index in [9.17, 15) is 82.0 Å². The molecule has 5 aliphatic carbocycles. The third kappa shape index (κ3) is 36.1. The number of nitrogens with one attached hydrogen (secondary N) is 12. The normalized spacial score (nSPS) is 28.5. The van der Waals surface area contributed by atoms with Gasteiger partial charge in [0.1, 0.15) is 95.5 Å². The molecule has 3 unspecified atom stereocenters. The number of carbonyl (C=O) groups excluding carboxylic acids is 12. The van der Waals surface area contributed by atoms with Crippen LogP contribution in [-0.2, 0) is 99.2 Å². The van der Waals surface area contributed by atoms with Crippen LogP contribution in [0.25, 0.3) is 0 Å². The smallest absolute Gasteiger partial charge is 0.305 e. The Morgan fingerprint density at radius 1 is 0.389 bits per heavy atom. The Kier molecular flexibility index (Phi) is 45.7. The van der Waals surface area contributed by atoms with E-state index < -0.39 is 120 Å². The van der Waals surface area contributed by atoms with Crippen LogP contribution < -0.4 is 78.0 Å². The molecule has 4 heterocycles. The molecule has 0 radical (unpaired) electrons. The van der Waals surface area contributed by atoms with Crippen LogP contribution in [-0.4, -0.2) is 301 Å². The van der Waals surface area contributed by atoms with Crippen LogP contribution >= 0.6 is 31.9 Å². The molecule has 14 rings (SSSR count). The number of carboxylic acids is 1. The summed E-state index contributed by atoms with van der Waals surface area (Å²) in [7, 11) is 6.41. The number of aliphatic hydroxyl groups is 1. The number of benzene rings is 5. The zero-order valence-electron chi connectivity index (χ0n) is 88.3. The first kappa shape index (κ1) is 118. The third-order valence-corrected chi connectivity index (χ3v) is 30.6. The Labute approximate surface area is 891 Å². The number of likely N-dealkylation sites (N-methyl/N-ethyl adjacent to an activating group) is 4. The van der Waals surface area contributed by atoms with Gasteiger partial charge in [0.25, 0.3) is 0 Å². The highest BCUT2D eigenvalue weighted by molar-refractivity contribution is 9.11. The lowest BCUT2D eigenvalue weighted by molar-refractivity contribution is -0.143. The van der Waals surface area contributed by atoms with E-state index in [1.165, 1.54) is 45.1 Å². The number of nitrogens with zero attached hydrogens (tertiary/aromatic N) is 4. The first-order valence-corrected chi connectivity index (χ1v) is 54.7. The number of phenolic OH excluding ortho intramolecular Hbond substituents is 1. The van der Waals surface area contributed by atoms with Gasteiger partial charge in [-0.1, -0.05) is 79.6 Å². The van der Waals surface area contributed by atoms with Crippen molar-refractivity contribution in [3.05, 3.63) is 152 Å². The molecule has 15 N–H and O–H groups in total. The number of rotatable bonds is 11. The maximum absolute atomic E-state index is 13.6. The van der Waals surface area contributed by atoms with Crippen LogP contribution in [0.1, 0.15) is 206 Å². The Balaban J connectivity index is 0.000000189. The van der Waals surface area contributed by atoms with E-state index in [1.54, 1.807) is 80.2 Å². The lowest BCUT2D eigenvalue weighted by atomic mass is 9.83. The van der Waals surface area contributed by atoms with E-state index in [1.807, 2.05) is 93.6 Å². The van der Waals surface area contributed by atoms with Crippen molar-refractivity contribution in [2.24, 2.45) is 29.6 Å². The van der Waals surface area contributed by atoms with E-state index in [4.69, 9.17) is 18.9 Å². The van der Waals surface area contributed by atoms with Crippen LogP contribution in [0.15, 0.2) is 118 Å². The maximum Gasteiger partial charge on any atom is 0.305 e. The van der Waals surface area contributed by atoms with E-state index >= 15 is 0 Å². The first-order chi connectivity index (χ1) is 71.1. The van der Waals surface area contributed by atoms with Gasteiger partial charge < -0.3 is 118 Å². The van der Waals surface area contributed by atoms with Gasteiger partial charge in [-0.05, 0) is 310 Å². The second-order valence-corrected chi connectivity index (χ2v) is 43.3. The molecule has 4 aliphatic heterocycles. The molecule has 1 saturated heterocycles. The van der Waals surface area contributed by atoms with Crippen LogP contribution in [0.4, 0.5) is 4.39 Å². The zero-order chi connectivity index (χ0) is 108.